The van der Waals surface area contributed by atoms with E-state index in [2.05, 4.69) is 26.1 Å². The summed E-state index contributed by atoms with van der Waals surface area (Å²) in [6.07, 6.45) is 0. The zero-order chi connectivity index (χ0) is 14.5. The van der Waals surface area contributed by atoms with Crippen LogP contribution < -0.4 is 10.1 Å². The van der Waals surface area contributed by atoms with Gasteiger partial charge in [-0.1, -0.05) is 20.8 Å². The van der Waals surface area contributed by atoms with E-state index >= 15 is 0 Å². The summed E-state index contributed by atoms with van der Waals surface area (Å²) in [6.45, 7) is 7.74. The molecule has 0 radical (unpaired) electrons. The fraction of sp³-hybridized carbons (Fsp3) is 0.533. The summed E-state index contributed by atoms with van der Waals surface area (Å²) in [6, 6.07) is 7.32. The number of rotatable bonds is 5. The van der Waals surface area contributed by atoms with Crippen LogP contribution >= 0.6 is 0 Å². The average Bonchev–Trinajstić information content (AvgIpc) is 2.27. The fourth-order valence-corrected chi connectivity index (χ4v) is 1.99. The zero-order valence-electron chi connectivity index (χ0n) is 12.5. The van der Waals surface area contributed by atoms with Gasteiger partial charge in [0.1, 0.15) is 5.75 Å². The third kappa shape index (κ3) is 6.25. The van der Waals surface area contributed by atoms with E-state index in [1.807, 2.05) is 36.2 Å². The largest absolute Gasteiger partial charge is 0.497 e. The van der Waals surface area contributed by atoms with Gasteiger partial charge in [0.15, 0.2) is 0 Å². The van der Waals surface area contributed by atoms with Crippen LogP contribution in [0.5, 0.6) is 5.75 Å². The van der Waals surface area contributed by atoms with Crippen molar-refractivity contribution in [3.05, 3.63) is 24.3 Å². The van der Waals surface area contributed by atoms with Crippen molar-refractivity contribution in [1.82, 2.24) is 4.90 Å². The Hall–Kier alpha value is -1.55. The third-order valence-electron chi connectivity index (χ3n) is 2.53. The van der Waals surface area contributed by atoms with Crippen LogP contribution in [0.3, 0.4) is 0 Å². The Morgan fingerprint density at radius 3 is 2.32 bits per heavy atom. The van der Waals surface area contributed by atoms with Crippen molar-refractivity contribution in [1.29, 1.82) is 0 Å². The van der Waals surface area contributed by atoms with E-state index in [9.17, 15) is 4.79 Å². The summed E-state index contributed by atoms with van der Waals surface area (Å²) in [5.41, 5.74) is 0.977. The van der Waals surface area contributed by atoms with Crippen LogP contribution in [-0.2, 0) is 4.79 Å². The molecule has 0 atom stereocenters. The van der Waals surface area contributed by atoms with E-state index in [1.54, 1.807) is 7.11 Å². The quantitative estimate of drug-likeness (QED) is 0.889. The summed E-state index contributed by atoms with van der Waals surface area (Å²) < 4.78 is 5.07. The topological polar surface area (TPSA) is 41.6 Å². The lowest BCUT2D eigenvalue weighted by atomic mass is 9.96. The number of ether oxygens (including phenoxy) is 1. The Kier molecular flexibility index (Phi) is 5.36. The predicted octanol–water partition coefficient (Wildman–Crippen LogP) is 2.61. The van der Waals surface area contributed by atoms with Crippen LogP contribution in [0.2, 0.25) is 0 Å². The smallest absolute Gasteiger partial charge is 0.238 e. The van der Waals surface area contributed by atoms with Gasteiger partial charge in [-0.05, 0) is 36.7 Å². The second-order valence-electron chi connectivity index (χ2n) is 6.01. The van der Waals surface area contributed by atoms with E-state index < -0.39 is 0 Å². The van der Waals surface area contributed by atoms with Gasteiger partial charge in [0.25, 0.3) is 0 Å². The minimum absolute atomic E-state index is 0.00285. The fourth-order valence-electron chi connectivity index (χ4n) is 1.99. The van der Waals surface area contributed by atoms with Gasteiger partial charge < -0.3 is 10.1 Å². The van der Waals surface area contributed by atoms with Crippen LogP contribution in [0.25, 0.3) is 0 Å². The van der Waals surface area contributed by atoms with Crippen LogP contribution in [0, 0.1) is 5.41 Å². The number of likely N-dealkylation sites (N-methyl/N-ethyl adjacent to an activating group) is 1. The molecule has 106 valence electrons. The van der Waals surface area contributed by atoms with Gasteiger partial charge in [0.2, 0.25) is 5.91 Å². The van der Waals surface area contributed by atoms with Crippen molar-refractivity contribution < 1.29 is 9.53 Å². The van der Waals surface area contributed by atoms with E-state index in [0.29, 0.717) is 6.54 Å². The number of hydrogen-bond acceptors (Lipinski definition) is 3. The standard InChI is InChI=1S/C15H24N2O2/c1-15(2,3)11-17(4)10-14(18)16-12-6-8-13(19-5)9-7-12/h6-9H,10-11H2,1-5H3,(H,16,18). The van der Waals surface area contributed by atoms with Gasteiger partial charge in [-0.3, -0.25) is 9.69 Å². The second kappa shape index (κ2) is 6.57. The zero-order valence-corrected chi connectivity index (χ0v) is 12.5. The van der Waals surface area contributed by atoms with E-state index in [4.69, 9.17) is 4.74 Å². The number of nitrogens with zero attached hydrogens (tertiary/aromatic N) is 1. The lowest BCUT2D eigenvalue weighted by molar-refractivity contribution is -0.117. The van der Waals surface area contributed by atoms with Crippen molar-refractivity contribution in [3.8, 4) is 5.75 Å². The van der Waals surface area contributed by atoms with Crippen LogP contribution in [0.4, 0.5) is 5.69 Å². The Bertz CT molecular complexity index is 407. The number of carbonyl (C=O) groups is 1. The molecule has 0 unspecified atom stereocenters. The molecule has 1 aromatic rings. The molecule has 4 nitrogen and oxygen atoms in total. The molecule has 0 bridgehead atoms. The second-order valence-corrected chi connectivity index (χ2v) is 6.01. The number of hydrogen-bond donors (Lipinski definition) is 1. The molecular weight excluding hydrogens is 240 g/mol. The summed E-state index contributed by atoms with van der Waals surface area (Å²) >= 11 is 0. The van der Waals surface area contributed by atoms with Gasteiger partial charge in [0.05, 0.1) is 13.7 Å². The van der Waals surface area contributed by atoms with E-state index in [0.717, 1.165) is 18.0 Å². The first-order valence-corrected chi connectivity index (χ1v) is 6.42. The molecule has 1 aromatic carbocycles. The molecule has 1 amide bonds. The number of benzene rings is 1. The maximum atomic E-state index is 11.9. The average molecular weight is 264 g/mol. The van der Waals surface area contributed by atoms with E-state index in [-0.39, 0.29) is 11.3 Å². The van der Waals surface area contributed by atoms with Crippen molar-refractivity contribution in [3.63, 3.8) is 0 Å². The summed E-state index contributed by atoms with van der Waals surface area (Å²) in [7, 11) is 3.58. The maximum Gasteiger partial charge on any atom is 0.238 e. The SMILES string of the molecule is COc1ccc(NC(=O)CN(C)CC(C)(C)C)cc1. The van der Waals surface area contributed by atoms with Crippen molar-refractivity contribution in [2.45, 2.75) is 20.8 Å². The first-order valence-electron chi connectivity index (χ1n) is 6.42. The van der Waals surface area contributed by atoms with Crippen LogP contribution in [-0.4, -0.2) is 38.1 Å². The number of amides is 1. The summed E-state index contributed by atoms with van der Waals surface area (Å²) in [5, 5.41) is 2.87. The maximum absolute atomic E-state index is 11.9. The highest BCUT2D eigenvalue weighted by atomic mass is 16.5. The Morgan fingerprint density at radius 1 is 1.26 bits per heavy atom. The molecule has 0 aliphatic heterocycles. The molecule has 0 spiro atoms. The number of anilines is 1. The number of methoxy groups -OCH3 is 1. The molecule has 0 heterocycles. The van der Waals surface area contributed by atoms with Gasteiger partial charge in [-0.15, -0.1) is 0 Å². The Balaban J connectivity index is 2.46. The number of nitrogens with one attached hydrogen (secondary N) is 1. The first kappa shape index (κ1) is 15.5. The normalized spacial score (nSPS) is 11.5. The molecule has 0 aliphatic carbocycles. The lowest BCUT2D eigenvalue weighted by Gasteiger charge is -2.25. The molecule has 0 saturated heterocycles. The van der Waals surface area contributed by atoms with Gasteiger partial charge in [0, 0.05) is 12.2 Å². The highest BCUT2D eigenvalue weighted by Gasteiger charge is 2.15. The minimum atomic E-state index is -0.00285. The molecule has 0 aliphatic rings. The number of carbonyl (C=O) groups excluding carboxylic acids is 1. The molecule has 1 rings (SSSR count). The molecule has 0 fully saturated rings. The summed E-state index contributed by atoms with van der Waals surface area (Å²) in [5.74, 6) is 0.778. The van der Waals surface area contributed by atoms with Crippen LogP contribution in [0.1, 0.15) is 20.8 Å². The molecule has 0 saturated carbocycles. The third-order valence-corrected chi connectivity index (χ3v) is 2.53. The summed E-state index contributed by atoms with van der Waals surface area (Å²) in [4.78, 5) is 13.9. The Morgan fingerprint density at radius 2 is 1.84 bits per heavy atom. The van der Waals surface area contributed by atoms with Crippen molar-refractivity contribution >= 4 is 11.6 Å². The molecular formula is C15H24N2O2. The highest BCUT2D eigenvalue weighted by Crippen LogP contribution is 2.16. The van der Waals surface area contributed by atoms with E-state index in [1.165, 1.54) is 0 Å². The molecule has 0 aromatic heterocycles. The highest BCUT2D eigenvalue weighted by molar-refractivity contribution is 5.92. The van der Waals surface area contributed by atoms with Gasteiger partial charge in [-0.2, -0.15) is 0 Å². The monoisotopic (exact) mass is 264 g/mol. The molecule has 19 heavy (non-hydrogen) atoms. The Labute approximate surface area is 115 Å². The van der Waals surface area contributed by atoms with Gasteiger partial charge in [-0.25, -0.2) is 0 Å². The van der Waals surface area contributed by atoms with Gasteiger partial charge >= 0.3 is 0 Å². The molecule has 4 heteroatoms. The molecule has 1 N–H and O–H groups in total. The first-order chi connectivity index (χ1) is 8.80. The lowest BCUT2D eigenvalue weighted by Crippen LogP contribution is -2.35. The predicted molar refractivity (Wildman–Crippen MR) is 78.6 cm³/mol. The van der Waals surface area contributed by atoms with Crippen molar-refractivity contribution in [2.24, 2.45) is 5.41 Å². The van der Waals surface area contributed by atoms with Crippen molar-refractivity contribution in [2.75, 3.05) is 32.6 Å². The van der Waals surface area contributed by atoms with Crippen LogP contribution in [0.15, 0.2) is 24.3 Å². The minimum Gasteiger partial charge on any atom is -0.497 e.